The molecule has 0 heterocycles. The van der Waals surface area contributed by atoms with Crippen LogP contribution >= 0.6 is 0 Å². The number of hydrogen-bond acceptors (Lipinski definition) is 2. The minimum atomic E-state index is -2.02. The Balaban J connectivity index is 1.25. The van der Waals surface area contributed by atoms with Gasteiger partial charge in [0.2, 0.25) is 0 Å². The standard InChI is InChI=1S/C24H40O2Si/c1-3-25-27(26-4-2,13-5-7-21-15-19-9-11-23(21)17-19)14-6-8-22-16-20-10-12-24(22)18-20/h9-12,19-24H,3-8,13-18H2,1-2H3. The van der Waals surface area contributed by atoms with Gasteiger partial charge in [-0.2, -0.15) is 0 Å². The van der Waals surface area contributed by atoms with Gasteiger partial charge in [-0.15, -0.1) is 0 Å². The molecule has 0 saturated heterocycles. The van der Waals surface area contributed by atoms with Crippen molar-refractivity contribution in [1.82, 2.24) is 0 Å². The van der Waals surface area contributed by atoms with Crippen LogP contribution < -0.4 is 0 Å². The van der Waals surface area contributed by atoms with Crippen LogP contribution in [0.15, 0.2) is 24.3 Å². The lowest BCUT2D eigenvalue weighted by Crippen LogP contribution is -2.42. The summed E-state index contributed by atoms with van der Waals surface area (Å²) in [7, 11) is -2.02. The molecule has 152 valence electrons. The Bertz CT molecular complexity index is 494. The van der Waals surface area contributed by atoms with E-state index in [2.05, 4.69) is 38.2 Å². The molecule has 3 heteroatoms. The van der Waals surface area contributed by atoms with Crippen molar-refractivity contribution in [1.29, 1.82) is 0 Å². The van der Waals surface area contributed by atoms with E-state index >= 15 is 0 Å². The predicted molar refractivity (Wildman–Crippen MR) is 115 cm³/mol. The van der Waals surface area contributed by atoms with Gasteiger partial charge in [0.15, 0.2) is 0 Å². The fraction of sp³-hybridized carbons (Fsp3) is 0.833. The summed E-state index contributed by atoms with van der Waals surface area (Å²) in [5, 5.41) is 0. The van der Waals surface area contributed by atoms with Gasteiger partial charge < -0.3 is 8.85 Å². The van der Waals surface area contributed by atoms with E-state index in [1.165, 1.54) is 63.5 Å². The van der Waals surface area contributed by atoms with E-state index < -0.39 is 8.56 Å². The summed E-state index contributed by atoms with van der Waals surface area (Å²) in [5.41, 5.74) is 0. The first-order valence-corrected chi connectivity index (χ1v) is 14.1. The van der Waals surface area contributed by atoms with Gasteiger partial charge in [0, 0.05) is 13.2 Å². The van der Waals surface area contributed by atoms with Gasteiger partial charge >= 0.3 is 8.56 Å². The maximum Gasteiger partial charge on any atom is 0.338 e. The number of rotatable bonds is 12. The van der Waals surface area contributed by atoms with Gasteiger partial charge in [0.1, 0.15) is 0 Å². The number of hydrogen-bond donors (Lipinski definition) is 0. The number of fused-ring (bicyclic) bond motifs is 4. The van der Waals surface area contributed by atoms with Crippen molar-refractivity contribution in [3.63, 3.8) is 0 Å². The summed E-state index contributed by atoms with van der Waals surface area (Å²) in [6.07, 6.45) is 21.1. The molecule has 2 nitrogen and oxygen atoms in total. The molecule has 4 aliphatic rings. The predicted octanol–water partition coefficient (Wildman–Crippen LogP) is 6.49. The van der Waals surface area contributed by atoms with Crippen LogP contribution in [0.25, 0.3) is 0 Å². The maximum atomic E-state index is 6.41. The first kappa shape index (κ1) is 19.9. The van der Waals surface area contributed by atoms with Crippen molar-refractivity contribution in [2.24, 2.45) is 35.5 Å². The molecule has 0 radical (unpaired) electrons. The molecular formula is C24H40O2Si. The molecule has 0 aromatic rings. The highest BCUT2D eigenvalue weighted by Crippen LogP contribution is 2.47. The zero-order valence-electron chi connectivity index (χ0n) is 17.6. The van der Waals surface area contributed by atoms with Gasteiger partial charge in [-0.05, 0) is 100.0 Å². The van der Waals surface area contributed by atoms with Crippen LogP contribution in [-0.2, 0) is 8.85 Å². The molecule has 4 aliphatic carbocycles. The summed E-state index contributed by atoms with van der Waals surface area (Å²) in [6.45, 7) is 5.95. The Hall–Kier alpha value is -0.383. The molecule has 4 rings (SSSR count). The van der Waals surface area contributed by atoms with Crippen molar-refractivity contribution in [2.45, 2.75) is 77.3 Å². The molecule has 0 aromatic carbocycles. The van der Waals surface area contributed by atoms with Crippen LogP contribution in [0.4, 0.5) is 0 Å². The molecule has 0 aliphatic heterocycles. The molecule has 2 fully saturated rings. The highest BCUT2D eigenvalue weighted by molar-refractivity contribution is 6.67. The Kier molecular flexibility index (Phi) is 6.61. The molecule has 27 heavy (non-hydrogen) atoms. The minimum absolute atomic E-state index is 0.819. The first-order valence-electron chi connectivity index (χ1n) is 11.9. The van der Waals surface area contributed by atoms with Crippen molar-refractivity contribution < 1.29 is 8.85 Å². The Morgan fingerprint density at radius 2 is 1.19 bits per heavy atom. The third kappa shape index (κ3) is 4.62. The molecule has 2 saturated carbocycles. The van der Waals surface area contributed by atoms with Crippen LogP contribution in [0.5, 0.6) is 0 Å². The minimum Gasteiger partial charge on any atom is -0.394 e. The van der Waals surface area contributed by atoms with E-state index in [0.717, 1.165) is 48.7 Å². The van der Waals surface area contributed by atoms with Gasteiger partial charge in [-0.1, -0.05) is 37.1 Å². The summed E-state index contributed by atoms with van der Waals surface area (Å²) in [4.78, 5) is 0. The van der Waals surface area contributed by atoms with Crippen LogP contribution in [-0.4, -0.2) is 21.8 Å². The molecule has 6 atom stereocenters. The molecule has 0 spiro atoms. The SMILES string of the molecule is CCO[Si](CCCC1CC2C=CC1C2)(CCCC1CC2C=CC1C2)OCC. The van der Waals surface area contributed by atoms with Gasteiger partial charge in [0.25, 0.3) is 0 Å². The summed E-state index contributed by atoms with van der Waals surface area (Å²) >= 11 is 0. The fourth-order valence-corrected chi connectivity index (χ4v) is 10.2. The lowest BCUT2D eigenvalue weighted by Gasteiger charge is -2.31. The lowest BCUT2D eigenvalue weighted by molar-refractivity contribution is 0.178. The smallest absolute Gasteiger partial charge is 0.338 e. The first-order chi connectivity index (χ1) is 13.2. The molecule has 0 amide bonds. The molecule has 4 bridgehead atoms. The van der Waals surface area contributed by atoms with Crippen LogP contribution in [0, 0.1) is 35.5 Å². The van der Waals surface area contributed by atoms with Crippen LogP contribution in [0.2, 0.25) is 12.1 Å². The van der Waals surface area contributed by atoms with Gasteiger partial charge in [-0.3, -0.25) is 0 Å². The average Bonchev–Trinajstić information content (AvgIpc) is 3.44. The molecule has 0 aromatic heterocycles. The van der Waals surface area contributed by atoms with Crippen molar-refractivity contribution in [3.8, 4) is 0 Å². The van der Waals surface area contributed by atoms with E-state index in [1.807, 2.05) is 0 Å². The molecular weight excluding hydrogens is 348 g/mol. The van der Waals surface area contributed by atoms with E-state index in [1.54, 1.807) is 0 Å². The maximum absolute atomic E-state index is 6.41. The Morgan fingerprint density at radius 1 is 0.704 bits per heavy atom. The van der Waals surface area contributed by atoms with Crippen molar-refractivity contribution in [3.05, 3.63) is 24.3 Å². The summed E-state index contributed by atoms with van der Waals surface area (Å²) in [5.74, 6) is 5.45. The number of allylic oxidation sites excluding steroid dienone is 4. The Labute approximate surface area is 168 Å². The van der Waals surface area contributed by atoms with E-state index in [-0.39, 0.29) is 0 Å². The summed E-state index contributed by atoms with van der Waals surface area (Å²) < 4.78 is 12.8. The zero-order chi connectivity index (χ0) is 18.7. The Morgan fingerprint density at radius 3 is 1.52 bits per heavy atom. The van der Waals surface area contributed by atoms with E-state index in [9.17, 15) is 0 Å². The monoisotopic (exact) mass is 388 g/mol. The van der Waals surface area contributed by atoms with Crippen LogP contribution in [0.3, 0.4) is 0 Å². The molecule has 0 N–H and O–H groups in total. The summed E-state index contributed by atoms with van der Waals surface area (Å²) in [6, 6.07) is 2.42. The lowest BCUT2D eigenvalue weighted by atomic mass is 9.90. The molecule has 6 unspecified atom stereocenters. The average molecular weight is 389 g/mol. The third-order valence-corrected chi connectivity index (χ3v) is 11.8. The van der Waals surface area contributed by atoms with Gasteiger partial charge in [0.05, 0.1) is 0 Å². The van der Waals surface area contributed by atoms with Gasteiger partial charge in [-0.25, -0.2) is 0 Å². The van der Waals surface area contributed by atoms with Crippen molar-refractivity contribution >= 4 is 8.56 Å². The topological polar surface area (TPSA) is 18.5 Å². The van der Waals surface area contributed by atoms with E-state index in [0.29, 0.717) is 0 Å². The zero-order valence-corrected chi connectivity index (χ0v) is 18.6. The van der Waals surface area contributed by atoms with Crippen molar-refractivity contribution in [2.75, 3.05) is 13.2 Å². The second-order valence-corrected chi connectivity index (χ2v) is 13.0. The quantitative estimate of drug-likeness (QED) is 0.281. The van der Waals surface area contributed by atoms with Crippen LogP contribution in [0.1, 0.15) is 65.2 Å². The van der Waals surface area contributed by atoms with E-state index in [4.69, 9.17) is 8.85 Å². The third-order valence-electron chi connectivity index (χ3n) is 7.91. The largest absolute Gasteiger partial charge is 0.394 e. The second kappa shape index (κ2) is 8.96. The fourth-order valence-electron chi connectivity index (χ4n) is 6.70. The second-order valence-electron chi connectivity index (χ2n) is 9.64. The highest BCUT2D eigenvalue weighted by Gasteiger charge is 2.40. The normalized spacial score (nSPS) is 36.4. The highest BCUT2D eigenvalue weighted by atomic mass is 28.4.